The molecular weight excluding hydrogens is 294 g/mol. The van der Waals surface area contributed by atoms with Crippen molar-refractivity contribution in [1.82, 2.24) is 0 Å². The average molecular weight is 303 g/mol. The van der Waals surface area contributed by atoms with E-state index in [-0.39, 0.29) is 12.2 Å². The van der Waals surface area contributed by atoms with E-state index in [1.54, 1.807) is 0 Å². The Morgan fingerprint density at radius 3 is 2.84 bits per heavy atom. The predicted octanol–water partition coefficient (Wildman–Crippen LogP) is 2.21. The van der Waals surface area contributed by atoms with Crippen molar-refractivity contribution in [3.05, 3.63) is 33.9 Å². The number of aromatic carboxylic acids is 1. The summed E-state index contributed by atoms with van der Waals surface area (Å²) in [5, 5.41) is 19.6. The van der Waals surface area contributed by atoms with Gasteiger partial charge in [0, 0.05) is 16.7 Å². The Balaban J connectivity index is 2.70. The molecule has 0 aliphatic heterocycles. The molecule has 0 bridgehead atoms. The fraction of sp³-hybridized carbons (Fsp3) is 0.200. The zero-order valence-electron chi connectivity index (χ0n) is 9.48. The number of rotatable bonds is 8. The topological polar surface area (TPSA) is 107 Å². The van der Waals surface area contributed by atoms with Gasteiger partial charge < -0.3 is 9.84 Å². The lowest BCUT2D eigenvalue weighted by Gasteiger charge is -2.03. The van der Waals surface area contributed by atoms with E-state index in [1.807, 2.05) is 0 Å². The van der Waals surface area contributed by atoms with E-state index in [0.717, 1.165) is 6.07 Å². The second-order valence-corrected chi connectivity index (χ2v) is 5.60. The van der Waals surface area contributed by atoms with Crippen LogP contribution >= 0.6 is 21.6 Å². The van der Waals surface area contributed by atoms with Crippen LogP contribution in [-0.2, 0) is 9.53 Å². The molecule has 0 fully saturated rings. The van der Waals surface area contributed by atoms with Gasteiger partial charge in [-0.2, -0.15) is 0 Å². The van der Waals surface area contributed by atoms with E-state index in [0.29, 0.717) is 17.1 Å². The van der Waals surface area contributed by atoms with Gasteiger partial charge in [0.1, 0.15) is 12.2 Å². The SMILES string of the molecule is O=COCCSSc1ccc([N+](=O)[O-])c(C(=O)O)c1. The molecule has 1 N–H and O–H groups in total. The maximum Gasteiger partial charge on any atom is 0.342 e. The number of nitro benzene ring substituents is 1. The molecule has 0 spiro atoms. The third-order valence-electron chi connectivity index (χ3n) is 1.90. The number of ether oxygens (including phenoxy) is 1. The summed E-state index contributed by atoms with van der Waals surface area (Å²) in [6, 6.07) is 3.88. The molecule has 0 unspecified atom stereocenters. The predicted molar refractivity (Wildman–Crippen MR) is 70.4 cm³/mol. The first-order valence-electron chi connectivity index (χ1n) is 4.92. The molecule has 9 heteroatoms. The summed E-state index contributed by atoms with van der Waals surface area (Å²) < 4.78 is 4.49. The van der Waals surface area contributed by atoms with Gasteiger partial charge in [0.2, 0.25) is 0 Å². The van der Waals surface area contributed by atoms with Crippen LogP contribution in [0.2, 0.25) is 0 Å². The van der Waals surface area contributed by atoms with Crippen LogP contribution in [0.3, 0.4) is 0 Å². The summed E-state index contributed by atoms with van der Waals surface area (Å²) in [6.07, 6.45) is 0. The van der Waals surface area contributed by atoms with Gasteiger partial charge in [-0.1, -0.05) is 21.6 Å². The molecule has 1 aromatic carbocycles. The van der Waals surface area contributed by atoms with Crippen molar-refractivity contribution in [2.75, 3.05) is 12.4 Å². The first-order chi connectivity index (χ1) is 9.06. The van der Waals surface area contributed by atoms with Gasteiger partial charge in [-0.05, 0) is 12.1 Å². The van der Waals surface area contributed by atoms with Gasteiger partial charge in [0.15, 0.2) is 0 Å². The number of benzene rings is 1. The van der Waals surface area contributed by atoms with Crippen LogP contribution < -0.4 is 0 Å². The van der Waals surface area contributed by atoms with Crippen molar-refractivity contribution < 1.29 is 24.4 Å². The Morgan fingerprint density at radius 2 is 2.26 bits per heavy atom. The van der Waals surface area contributed by atoms with Crippen molar-refractivity contribution in [3.8, 4) is 0 Å². The van der Waals surface area contributed by atoms with Gasteiger partial charge in [-0.3, -0.25) is 14.9 Å². The van der Waals surface area contributed by atoms with Crippen LogP contribution in [0.1, 0.15) is 10.4 Å². The Hall–Kier alpha value is -1.74. The average Bonchev–Trinajstić information content (AvgIpc) is 2.38. The first-order valence-corrected chi connectivity index (χ1v) is 7.24. The minimum Gasteiger partial charge on any atom is -0.477 e. The second kappa shape index (κ2) is 7.64. The molecule has 0 aliphatic carbocycles. The van der Waals surface area contributed by atoms with Gasteiger partial charge in [-0.25, -0.2) is 4.79 Å². The normalized spacial score (nSPS) is 9.89. The first kappa shape index (κ1) is 15.3. The van der Waals surface area contributed by atoms with Crippen molar-refractivity contribution in [2.24, 2.45) is 0 Å². The van der Waals surface area contributed by atoms with E-state index in [4.69, 9.17) is 5.11 Å². The number of nitrogens with zero attached hydrogens (tertiary/aromatic N) is 1. The highest BCUT2D eigenvalue weighted by Gasteiger charge is 2.19. The van der Waals surface area contributed by atoms with E-state index < -0.39 is 16.6 Å². The number of hydrogen-bond donors (Lipinski definition) is 1. The molecule has 0 radical (unpaired) electrons. The lowest BCUT2D eigenvalue weighted by atomic mass is 10.2. The summed E-state index contributed by atoms with van der Waals surface area (Å²) in [5.41, 5.74) is -0.786. The van der Waals surface area contributed by atoms with E-state index in [2.05, 4.69) is 4.74 Å². The van der Waals surface area contributed by atoms with E-state index in [9.17, 15) is 19.7 Å². The molecule has 0 amide bonds. The molecule has 0 atom stereocenters. The van der Waals surface area contributed by atoms with Gasteiger partial charge >= 0.3 is 5.97 Å². The van der Waals surface area contributed by atoms with Gasteiger partial charge in [0.05, 0.1) is 4.92 Å². The summed E-state index contributed by atoms with van der Waals surface area (Å²) in [4.78, 5) is 31.3. The second-order valence-electron chi connectivity index (χ2n) is 3.11. The number of hydrogen-bond acceptors (Lipinski definition) is 7. The molecule has 7 nitrogen and oxygen atoms in total. The molecule has 102 valence electrons. The Labute approximate surface area is 115 Å². The lowest BCUT2D eigenvalue weighted by Crippen LogP contribution is -2.02. The molecule has 0 aromatic heterocycles. The minimum atomic E-state index is -1.34. The zero-order chi connectivity index (χ0) is 14.3. The third-order valence-corrected chi connectivity index (χ3v) is 4.23. The maximum atomic E-state index is 10.9. The maximum absolute atomic E-state index is 10.9. The van der Waals surface area contributed by atoms with Crippen LogP contribution in [0.5, 0.6) is 0 Å². The summed E-state index contributed by atoms with van der Waals surface area (Å²) in [5.74, 6) is -0.813. The Morgan fingerprint density at radius 1 is 1.53 bits per heavy atom. The molecule has 0 saturated heterocycles. The number of carbonyl (C=O) groups is 2. The van der Waals surface area contributed by atoms with Crippen molar-refractivity contribution in [2.45, 2.75) is 4.90 Å². The Bertz CT molecular complexity index is 493. The smallest absolute Gasteiger partial charge is 0.342 e. The van der Waals surface area contributed by atoms with Crippen LogP contribution in [0.4, 0.5) is 5.69 Å². The largest absolute Gasteiger partial charge is 0.477 e. The fourth-order valence-electron chi connectivity index (χ4n) is 1.14. The van der Waals surface area contributed by atoms with Crippen LogP contribution in [0.15, 0.2) is 23.1 Å². The van der Waals surface area contributed by atoms with E-state index in [1.165, 1.54) is 33.7 Å². The molecule has 1 rings (SSSR count). The quantitative estimate of drug-likeness (QED) is 0.256. The minimum absolute atomic E-state index is 0.250. The van der Waals surface area contributed by atoms with Crippen molar-refractivity contribution in [3.63, 3.8) is 0 Å². The van der Waals surface area contributed by atoms with Crippen LogP contribution in [-0.4, -0.2) is 34.8 Å². The van der Waals surface area contributed by atoms with Crippen molar-refractivity contribution >= 4 is 39.7 Å². The molecule has 0 aliphatic rings. The van der Waals surface area contributed by atoms with Crippen LogP contribution in [0.25, 0.3) is 0 Å². The third kappa shape index (κ3) is 4.79. The molecule has 0 saturated carbocycles. The van der Waals surface area contributed by atoms with E-state index >= 15 is 0 Å². The zero-order valence-corrected chi connectivity index (χ0v) is 11.1. The van der Waals surface area contributed by atoms with Crippen LogP contribution in [0, 0.1) is 10.1 Å². The highest BCUT2D eigenvalue weighted by molar-refractivity contribution is 8.76. The number of carboxylic acid groups (broad SMARTS) is 1. The highest BCUT2D eigenvalue weighted by Crippen LogP contribution is 2.33. The molecule has 0 heterocycles. The summed E-state index contributed by atoms with van der Waals surface area (Å²) in [6.45, 7) is 0.597. The standard InChI is InChI=1S/C10H9NO6S2/c12-6-17-3-4-18-19-7-1-2-9(11(15)16)8(5-7)10(13)14/h1-2,5-6H,3-4H2,(H,13,14). The number of carbonyl (C=O) groups excluding carboxylic acids is 1. The van der Waals surface area contributed by atoms with Crippen molar-refractivity contribution in [1.29, 1.82) is 0 Å². The monoisotopic (exact) mass is 303 g/mol. The number of carboxylic acids is 1. The Kier molecular flexibility index (Phi) is 6.16. The fourth-order valence-corrected chi connectivity index (χ4v) is 2.98. The van der Waals surface area contributed by atoms with Gasteiger partial charge in [0.25, 0.3) is 12.2 Å². The lowest BCUT2D eigenvalue weighted by molar-refractivity contribution is -0.385. The number of nitro groups is 1. The molecular formula is C10H9NO6S2. The highest BCUT2D eigenvalue weighted by atomic mass is 33.1. The summed E-state index contributed by atoms with van der Waals surface area (Å²) in [7, 11) is 2.61. The van der Waals surface area contributed by atoms with Gasteiger partial charge in [-0.15, -0.1) is 0 Å². The summed E-state index contributed by atoms with van der Waals surface area (Å²) >= 11 is 0. The molecule has 1 aromatic rings. The molecule has 19 heavy (non-hydrogen) atoms.